The first-order valence-electron chi connectivity index (χ1n) is 8.40. The molecule has 1 unspecified atom stereocenters. The van der Waals surface area contributed by atoms with Crippen LogP contribution in [-0.4, -0.2) is 33.5 Å². The van der Waals surface area contributed by atoms with Gasteiger partial charge < -0.3 is 10.2 Å². The van der Waals surface area contributed by atoms with Crippen molar-refractivity contribution in [2.75, 3.05) is 11.9 Å². The maximum Gasteiger partial charge on any atom is 0.231 e. The molecule has 2 aromatic rings. The molecule has 1 aliphatic rings. The molecule has 138 valence electrons. The van der Waals surface area contributed by atoms with Crippen LogP contribution in [-0.2, 0) is 21.5 Å². The highest BCUT2D eigenvalue weighted by molar-refractivity contribution is 7.15. The van der Waals surface area contributed by atoms with E-state index in [1.165, 1.54) is 11.3 Å². The molecule has 6 nitrogen and oxygen atoms in total. The van der Waals surface area contributed by atoms with Crippen molar-refractivity contribution in [1.29, 1.82) is 0 Å². The fourth-order valence-corrected chi connectivity index (χ4v) is 3.72. The molecular formula is C18H21ClN4O2S. The molecule has 2 heterocycles. The van der Waals surface area contributed by atoms with Crippen molar-refractivity contribution in [1.82, 2.24) is 15.1 Å². The standard InChI is InChI=1S/C18H21ClN4O2S/c1-18(2,3)16-21-22-17(26-16)20-15(25)12-8-14(24)23(10-12)9-11-6-4-5-7-13(11)19/h4-7,12H,8-10H2,1-3H3,(H,20,22,25). The number of nitrogens with one attached hydrogen (secondary N) is 1. The van der Waals surface area contributed by atoms with E-state index in [1.54, 1.807) is 11.0 Å². The number of hydrogen-bond donors (Lipinski definition) is 1. The quantitative estimate of drug-likeness (QED) is 0.864. The number of carbonyl (C=O) groups is 2. The lowest BCUT2D eigenvalue weighted by atomic mass is 9.98. The third-order valence-corrected chi connectivity index (χ3v) is 5.83. The van der Waals surface area contributed by atoms with Crippen LogP contribution in [0.15, 0.2) is 24.3 Å². The Bertz CT molecular complexity index is 831. The highest BCUT2D eigenvalue weighted by Crippen LogP contribution is 2.29. The van der Waals surface area contributed by atoms with Crippen LogP contribution in [0.25, 0.3) is 0 Å². The average molecular weight is 393 g/mol. The lowest BCUT2D eigenvalue weighted by Crippen LogP contribution is -2.28. The zero-order chi connectivity index (χ0) is 18.9. The Morgan fingerprint density at radius 3 is 2.73 bits per heavy atom. The summed E-state index contributed by atoms with van der Waals surface area (Å²) in [5.41, 5.74) is 0.762. The molecule has 0 aliphatic carbocycles. The summed E-state index contributed by atoms with van der Waals surface area (Å²) in [5.74, 6) is -0.638. The van der Waals surface area contributed by atoms with Crippen LogP contribution in [0.1, 0.15) is 37.8 Å². The topological polar surface area (TPSA) is 75.2 Å². The molecule has 1 aliphatic heterocycles. The Labute approximate surface area is 161 Å². The zero-order valence-electron chi connectivity index (χ0n) is 15.0. The van der Waals surface area contributed by atoms with E-state index >= 15 is 0 Å². The summed E-state index contributed by atoms with van der Waals surface area (Å²) in [6.45, 7) is 6.92. The summed E-state index contributed by atoms with van der Waals surface area (Å²) in [6, 6.07) is 7.41. The molecular weight excluding hydrogens is 372 g/mol. The Kier molecular flexibility index (Phi) is 5.29. The van der Waals surface area contributed by atoms with Crippen LogP contribution in [0, 0.1) is 5.92 Å². The van der Waals surface area contributed by atoms with E-state index < -0.39 is 5.92 Å². The second-order valence-electron chi connectivity index (χ2n) is 7.42. The maximum atomic E-state index is 12.5. The van der Waals surface area contributed by atoms with E-state index in [1.807, 2.05) is 39.0 Å². The van der Waals surface area contributed by atoms with Crippen LogP contribution >= 0.6 is 22.9 Å². The molecule has 1 aromatic carbocycles. The number of benzene rings is 1. The van der Waals surface area contributed by atoms with Crippen molar-refractivity contribution >= 4 is 39.9 Å². The van der Waals surface area contributed by atoms with Gasteiger partial charge in [-0.15, -0.1) is 10.2 Å². The van der Waals surface area contributed by atoms with E-state index in [0.717, 1.165) is 10.6 Å². The number of amides is 2. The van der Waals surface area contributed by atoms with Gasteiger partial charge in [0, 0.05) is 29.9 Å². The number of anilines is 1. The normalized spacial score (nSPS) is 17.6. The average Bonchev–Trinajstić information content (AvgIpc) is 3.17. The number of likely N-dealkylation sites (tertiary alicyclic amines) is 1. The zero-order valence-corrected chi connectivity index (χ0v) is 16.5. The molecule has 1 aromatic heterocycles. The fraction of sp³-hybridized carbons (Fsp3) is 0.444. The van der Waals surface area contributed by atoms with Gasteiger partial charge in [-0.1, -0.05) is 61.9 Å². The molecule has 0 radical (unpaired) electrons. The van der Waals surface area contributed by atoms with Gasteiger partial charge in [-0.25, -0.2) is 0 Å². The van der Waals surface area contributed by atoms with Gasteiger partial charge in [-0.2, -0.15) is 0 Å². The monoisotopic (exact) mass is 392 g/mol. The van der Waals surface area contributed by atoms with Crippen molar-refractivity contribution in [3.63, 3.8) is 0 Å². The van der Waals surface area contributed by atoms with Crippen molar-refractivity contribution in [3.05, 3.63) is 39.9 Å². The second kappa shape index (κ2) is 7.32. The van der Waals surface area contributed by atoms with Gasteiger partial charge in [-0.05, 0) is 11.6 Å². The maximum absolute atomic E-state index is 12.5. The number of hydrogen-bond acceptors (Lipinski definition) is 5. The minimum absolute atomic E-state index is 0.0438. The summed E-state index contributed by atoms with van der Waals surface area (Å²) in [7, 11) is 0. The van der Waals surface area contributed by atoms with Crippen molar-refractivity contribution in [2.45, 2.75) is 39.2 Å². The van der Waals surface area contributed by atoms with Crippen molar-refractivity contribution in [3.8, 4) is 0 Å². The van der Waals surface area contributed by atoms with Crippen LogP contribution < -0.4 is 5.32 Å². The molecule has 3 rings (SSSR count). The minimum atomic E-state index is -0.396. The number of nitrogens with zero attached hydrogens (tertiary/aromatic N) is 3. The third-order valence-electron chi connectivity index (χ3n) is 4.20. The van der Waals surface area contributed by atoms with Crippen molar-refractivity contribution < 1.29 is 9.59 Å². The molecule has 0 spiro atoms. The van der Waals surface area contributed by atoms with E-state index in [9.17, 15) is 9.59 Å². The molecule has 0 saturated carbocycles. The van der Waals surface area contributed by atoms with Gasteiger partial charge in [0.25, 0.3) is 0 Å². The molecule has 0 bridgehead atoms. The lowest BCUT2D eigenvalue weighted by Gasteiger charge is -2.17. The Hall–Kier alpha value is -1.99. The van der Waals surface area contributed by atoms with Crippen molar-refractivity contribution in [2.24, 2.45) is 5.92 Å². The van der Waals surface area contributed by atoms with Gasteiger partial charge in [-0.3, -0.25) is 9.59 Å². The van der Waals surface area contributed by atoms with E-state index in [0.29, 0.717) is 23.2 Å². The van der Waals surface area contributed by atoms with Gasteiger partial charge >= 0.3 is 0 Å². The second-order valence-corrected chi connectivity index (χ2v) is 8.80. The Balaban J connectivity index is 1.62. The molecule has 1 N–H and O–H groups in total. The predicted octanol–water partition coefficient (Wildman–Crippen LogP) is 3.48. The largest absolute Gasteiger partial charge is 0.337 e. The summed E-state index contributed by atoms with van der Waals surface area (Å²) in [6.07, 6.45) is 0.196. The van der Waals surface area contributed by atoms with Crippen LogP contribution in [0.3, 0.4) is 0 Å². The predicted molar refractivity (Wildman–Crippen MR) is 102 cm³/mol. The Morgan fingerprint density at radius 1 is 1.35 bits per heavy atom. The first-order valence-corrected chi connectivity index (χ1v) is 9.59. The third kappa shape index (κ3) is 4.22. The SMILES string of the molecule is CC(C)(C)c1nnc(NC(=O)C2CC(=O)N(Cc3ccccc3Cl)C2)s1. The van der Waals surface area contributed by atoms with Gasteiger partial charge in [0.2, 0.25) is 16.9 Å². The van der Waals surface area contributed by atoms with Crippen LogP contribution in [0.5, 0.6) is 0 Å². The van der Waals surface area contributed by atoms with Gasteiger partial charge in [0.15, 0.2) is 0 Å². The van der Waals surface area contributed by atoms with E-state index in [4.69, 9.17) is 11.6 Å². The molecule has 1 fully saturated rings. The van der Waals surface area contributed by atoms with E-state index in [-0.39, 0.29) is 23.7 Å². The first kappa shape index (κ1) is 18.8. The van der Waals surface area contributed by atoms with Gasteiger partial charge in [0.1, 0.15) is 5.01 Å². The molecule has 26 heavy (non-hydrogen) atoms. The summed E-state index contributed by atoms with van der Waals surface area (Å²) < 4.78 is 0. The smallest absolute Gasteiger partial charge is 0.231 e. The molecule has 2 amide bonds. The molecule has 1 saturated heterocycles. The first-order chi connectivity index (χ1) is 12.2. The summed E-state index contributed by atoms with van der Waals surface area (Å²) >= 11 is 7.53. The number of halogens is 1. The Morgan fingerprint density at radius 2 is 2.08 bits per heavy atom. The number of rotatable bonds is 4. The lowest BCUT2D eigenvalue weighted by molar-refractivity contribution is -0.128. The summed E-state index contributed by atoms with van der Waals surface area (Å²) in [5, 5.41) is 12.9. The highest BCUT2D eigenvalue weighted by Gasteiger charge is 2.35. The van der Waals surface area contributed by atoms with Gasteiger partial charge in [0.05, 0.1) is 5.92 Å². The fourth-order valence-electron chi connectivity index (χ4n) is 2.72. The minimum Gasteiger partial charge on any atom is -0.337 e. The van der Waals surface area contributed by atoms with E-state index in [2.05, 4.69) is 15.5 Å². The molecule has 8 heteroatoms. The number of carbonyl (C=O) groups excluding carboxylic acids is 2. The molecule has 1 atom stereocenters. The van der Waals surface area contributed by atoms with Crippen LogP contribution in [0.4, 0.5) is 5.13 Å². The van der Waals surface area contributed by atoms with Crippen LogP contribution in [0.2, 0.25) is 5.02 Å². The summed E-state index contributed by atoms with van der Waals surface area (Å²) in [4.78, 5) is 26.5. The highest BCUT2D eigenvalue weighted by atomic mass is 35.5. The number of aromatic nitrogens is 2.